The molecular weight excluding hydrogens is 264 g/mol. The molecule has 0 N–H and O–H groups in total. The van der Waals surface area contributed by atoms with Crippen LogP contribution in [0.25, 0.3) is 0 Å². The summed E-state index contributed by atoms with van der Waals surface area (Å²) in [6.45, 7) is 0.559. The fraction of sp³-hybridized carbons (Fsp3) is 0.500. The van der Waals surface area contributed by atoms with Gasteiger partial charge in [-0.3, -0.25) is 4.98 Å². The monoisotopic (exact) mass is 282 g/mol. The fourth-order valence-corrected chi connectivity index (χ4v) is 2.61. The minimum absolute atomic E-state index is 0.184. The van der Waals surface area contributed by atoms with E-state index in [0.717, 1.165) is 5.69 Å². The molecule has 1 aromatic heterocycles. The van der Waals surface area contributed by atoms with Crippen molar-refractivity contribution in [2.45, 2.75) is 12.8 Å². The van der Waals surface area contributed by atoms with Gasteiger partial charge in [0.1, 0.15) is 0 Å². The quantitative estimate of drug-likeness (QED) is 0.735. The summed E-state index contributed by atoms with van der Waals surface area (Å²) >= 11 is 0. The van der Waals surface area contributed by atoms with Crippen molar-refractivity contribution in [2.24, 2.45) is 0 Å². The minimum atomic E-state index is -3.49. The van der Waals surface area contributed by atoms with Gasteiger partial charge in [-0.25, -0.2) is 0 Å². The Kier molecular flexibility index (Phi) is 5.89. The number of hydrogen-bond acceptors (Lipinski definition) is 4. The second kappa shape index (κ2) is 7.19. The van der Waals surface area contributed by atoms with Gasteiger partial charge in [0.25, 0.3) is 10.2 Å². The smallest absolute Gasteiger partial charge is 0.261 e. The summed E-state index contributed by atoms with van der Waals surface area (Å²) in [5.41, 5.74) is 0.851. The third-order valence-electron chi connectivity index (χ3n) is 2.74. The molecule has 0 saturated heterocycles. The number of aromatic nitrogens is 1. The van der Waals surface area contributed by atoms with Gasteiger partial charge in [-0.2, -0.15) is 22.3 Å². The van der Waals surface area contributed by atoms with Gasteiger partial charge in [-0.15, -0.1) is 0 Å². The number of hydrogen-bond donors (Lipinski definition) is 0. The van der Waals surface area contributed by atoms with Crippen LogP contribution in [-0.4, -0.2) is 49.2 Å². The Bertz CT molecular complexity index is 524. The molecule has 0 atom stereocenters. The van der Waals surface area contributed by atoms with Crippen LogP contribution >= 0.6 is 0 Å². The lowest BCUT2D eigenvalue weighted by Crippen LogP contribution is -2.40. The van der Waals surface area contributed by atoms with Gasteiger partial charge in [0.15, 0.2) is 0 Å². The highest BCUT2D eigenvalue weighted by Crippen LogP contribution is 2.06. The molecule has 104 valence electrons. The van der Waals surface area contributed by atoms with E-state index in [1.54, 1.807) is 6.20 Å². The average Bonchev–Trinajstić information content (AvgIpc) is 2.42. The lowest BCUT2D eigenvalue weighted by Gasteiger charge is -2.23. The summed E-state index contributed by atoms with van der Waals surface area (Å²) in [7, 11) is -0.489. The van der Waals surface area contributed by atoms with E-state index < -0.39 is 10.2 Å². The van der Waals surface area contributed by atoms with Crippen molar-refractivity contribution >= 4 is 10.2 Å². The van der Waals surface area contributed by atoms with Gasteiger partial charge in [0, 0.05) is 51.9 Å². The fourth-order valence-electron chi connectivity index (χ4n) is 1.49. The topological polar surface area (TPSA) is 77.3 Å². The second-order valence-electron chi connectivity index (χ2n) is 4.13. The van der Waals surface area contributed by atoms with Crippen LogP contribution in [0.15, 0.2) is 24.4 Å². The van der Waals surface area contributed by atoms with Gasteiger partial charge >= 0.3 is 0 Å². The molecule has 0 aliphatic rings. The van der Waals surface area contributed by atoms with E-state index in [9.17, 15) is 8.42 Å². The molecule has 0 bridgehead atoms. The summed E-state index contributed by atoms with van der Waals surface area (Å²) in [6.07, 6.45) is 2.43. The average molecular weight is 282 g/mol. The summed E-state index contributed by atoms with van der Waals surface area (Å²) in [6, 6.07) is 7.48. The zero-order valence-corrected chi connectivity index (χ0v) is 12.0. The number of nitrogens with zero attached hydrogens (tertiary/aromatic N) is 4. The molecule has 0 amide bonds. The Labute approximate surface area is 114 Å². The third-order valence-corrected chi connectivity index (χ3v) is 4.68. The Balaban J connectivity index is 2.57. The van der Waals surface area contributed by atoms with Crippen LogP contribution in [0, 0.1) is 11.3 Å². The van der Waals surface area contributed by atoms with Crippen molar-refractivity contribution < 1.29 is 8.42 Å². The zero-order chi connectivity index (χ0) is 14.3. The highest BCUT2D eigenvalue weighted by Gasteiger charge is 2.22. The molecule has 1 rings (SSSR count). The van der Waals surface area contributed by atoms with E-state index >= 15 is 0 Å². The lowest BCUT2D eigenvalue weighted by molar-refractivity contribution is 0.396. The number of pyridine rings is 1. The molecule has 0 fully saturated rings. The molecule has 0 aliphatic carbocycles. The Hall–Kier alpha value is -1.49. The number of rotatable bonds is 7. The van der Waals surface area contributed by atoms with E-state index in [1.807, 2.05) is 24.3 Å². The van der Waals surface area contributed by atoms with Crippen molar-refractivity contribution in [1.82, 2.24) is 13.6 Å². The van der Waals surface area contributed by atoms with Crippen LogP contribution in [0.5, 0.6) is 0 Å². The SMILES string of the molecule is CN(CCC#N)S(=O)(=O)N(C)CCc1ccccn1. The predicted octanol–water partition coefficient (Wildman–Crippen LogP) is 0.646. The van der Waals surface area contributed by atoms with Crippen LogP contribution in [0.4, 0.5) is 0 Å². The number of nitriles is 1. The van der Waals surface area contributed by atoms with Crippen LogP contribution in [0.1, 0.15) is 12.1 Å². The van der Waals surface area contributed by atoms with E-state index in [2.05, 4.69) is 4.98 Å². The van der Waals surface area contributed by atoms with Crippen molar-refractivity contribution in [3.63, 3.8) is 0 Å². The largest absolute Gasteiger partial charge is 0.281 e. The molecular formula is C12H18N4O2S. The number of likely N-dealkylation sites (N-methyl/N-ethyl adjacent to an activating group) is 1. The van der Waals surface area contributed by atoms with E-state index in [4.69, 9.17) is 5.26 Å². The summed E-state index contributed by atoms with van der Waals surface area (Å²) < 4.78 is 26.6. The van der Waals surface area contributed by atoms with Crippen molar-refractivity contribution in [2.75, 3.05) is 27.2 Å². The molecule has 0 aliphatic heterocycles. The molecule has 1 aromatic rings. The summed E-state index contributed by atoms with van der Waals surface area (Å²) in [4.78, 5) is 4.15. The van der Waals surface area contributed by atoms with Crippen molar-refractivity contribution in [3.8, 4) is 6.07 Å². The van der Waals surface area contributed by atoms with E-state index in [1.165, 1.54) is 22.7 Å². The zero-order valence-electron chi connectivity index (χ0n) is 11.2. The second-order valence-corrected chi connectivity index (χ2v) is 6.27. The molecule has 0 radical (unpaired) electrons. The van der Waals surface area contributed by atoms with Crippen molar-refractivity contribution in [3.05, 3.63) is 30.1 Å². The van der Waals surface area contributed by atoms with Crippen LogP contribution < -0.4 is 0 Å². The third kappa shape index (κ3) is 4.59. The first-order valence-electron chi connectivity index (χ1n) is 5.93. The molecule has 0 aromatic carbocycles. The molecule has 0 spiro atoms. The van der Waals surface area contributed by atoms with Crippen LogP contribution in [0.3, 0.4) is 0 Å². The standard InChI is InChI=1S/C12H18N4O2S/c1-15(10-5-8-13)19(17,18)16(2)11-7-12-6-3-4-9-14-12/h3-4,6,9H,5,7,10-11H2,1-2H3. The van der Waals surface area contributed by atoms with E-state index in [0.29, 0.717) is 13.0 Å². The van der Waals surface area contributed by atoms with Gasteiger partial charge in [0.05, 0.1) is 6.07 Å². The highest BCUT2D eigenvalue weighted by molar-refractivity contribution is 7.86. The van der Waals surface area contributed by atoms with Crippen LogP contribution in [-0.2, 0) is 16.6 Å². The van der Waals surface area contributed by atoms with Crippen LogP contribution in [0.2, 0.25) is 0 Å². The first-order chi connectivity index (χ1) is 8.98. The molecule has 6 nitrogen and oxygen atoms in total. The van der Waals surface area contributed by atoms with Gasteiger partial charge < -0.3 is 0 Å². The van der Waals surface area contributed by atoms with E-state index in [-0.39, 0.29) is 13.0 Å². The normalized spacial score (nSPS) is 11.7. The summed E-state index contributed by atoms with van der Waals surface area (Å²) in [5, 5.41) is 8.48. The first kappa shape index (κ1) is 15.6. The van der Waals surface area contributed by atoms with Crippen molar-refractivity contribution in [1.29, 1.82) is 5.26 Å². The van der Waals surface area contributed by atoms with Gasteiger partial charge in [-0.1, -0.05) is 6.07 Å². The molecule has 1 heterocycles. The maximum Gasteiger partial charge on any atom is 0.281 e. The Morgan fingerprint density at radius 3 is 2.53 bits per heavy atom. The molecule has 0 unspecified atom stereocenters. The van der Waals surface area contributed by atoms with Gasteiger partial charge in [-0.05, 0) is 12.1 Å². The molecule has 0 saturated carbocycles. The highest BCUT2D eigenvalue weighted by atomic mass is 32.2. The molecule has 19 heavy (non-hydrogen) atoms. The maximum absolute atomic E-state index is 12.1. The minimum Gasteiger partial charge on any atom is -0.261 e. The Morgan fingerprint density at radius 2 is 1.95 bits per heavy atom. The maximum atomic E-state index is 12.1. The summed E-state index contributed by atoms with van der Waals surface area (Å²) in [5.74, 6) is 0. The van der Waals surface area contributed by atoms with Gasteiger partial charge in [0.2, 0.25) is 0 Å². The molecule has 7 heteroatoms. The lowest BCUT2D eigenvalue weighted by atomic mass is 10.3. The first-order valence-corrected chi connectivity index (χ1v) is 7.32. The predicted molar refractivity (Wildman–Crippen MR) is 72.4 cm³/mol. The Morgan fingerprint density at radius 1 is 1.26 bits per heavy atom.